The number of amides is 1. The zero-order chi connectivity index (χ0) is 13.1. The Morgan fingerprint density at radius 2 is 2.18 bits per heavy atom. The van der Waals surface area contributed by atoms with E-state index in [0.29, 0.717) is 5.92 Å². The molecular weight excluding hydrogens is 216 g/mol. The van der Waals surface area contributed by atoms with E-state index in [0.717, 1.165) is 25.9 Å². The molecule has 1 saturated heterocycles. The molecule has 2 unspecified atom stereocenters. The summed E-state index contributed by atoms with van der Waals surface area (Å²) in [4.78, 5) is 11.9. The molecule has 1 aliphatic heterocycles. The molecule has 1 fully saturated rings. The van der Waals surface area contributed by atoms with Gasteiger partial charge in [0, 0.05) is 5.54 Å². The molecule has 2 atom stereocenters. The highest BCUT2D eigenvalue weighted by Gasteiger charge is 2.38. The normalized spacial score (nSPS) is 29.8. The molecule has 17 heavy (non-hydrogen) atoms. The summed E-state index contributed by atoms with van der Waals surface area (Å²) in [5.41, 5.74) is -0.553. The Morgan fingerprint density at radius 1 is 1.53 bits per heavy atom. The number of carbonyl (C=O) groups is 1. The zero-order valence-corrected chi connectivity index (χ0v) is 11.7. The third-order valence-corrected chi connectivity index (χ3v) is 3.52. The fourth-order valence-corrected chi connectivity index (χ4v) is 2.38. The van der Waals surface area contributed by atoms with Gasteiger partial charge in [-0.05, 0) is 52.6 Å². The first kappa shape index (κ1) is 14.3. The van der Waals surface area contributed by atoms with Gasteiger partial charge in [0.2, 0.25) is 0 Å². The number of carbonyl (C=O) groups excluding carboxylic acids is 1. The van der Waals surface area contributed by atoms with Crippen molar-refractivity contribution in [2.75, 3.05) is 13.1 Å². The molecule has 0 aromatic carbocycles. The number of hydrogen-bond donors (Lipinski definition) is 2. The van der Waals surface area contributed by atoms with E-state index in [-0.39, 0.29) is 11.6 Å². The van der Waals surface area contributed by atoms with Crippen LogP contribution in [-0.4, -0.2) is 30.3 Å². The second-order valence-electron chi connectivity index (χ2n) is 5.99. The van der Waals surface area contributed by atoms with Crippen molar-refractivity contribution in [3.05, 3.63) is 0 Å². The lowest BCUT2D eigenvalue weighted by atomic mass is 9.77. The highest BCUT2D eigenvalue weighted by atomic mass is 16.6. The zero-order valence-electron chi connectivity index (χ0n) is 11.7. The molecular formula is C13H26N2O2. The monoisotopic (exact) mass is 242 g/mol. The fourth-order valence-electron chi connectivity index (χ4n) is 2.38. The summed E-state index contributed by atoms with van der Waals surface area (Å²) in [5.74, 6) is 0.425. The average Bonchev–Trinajstić information content (AvgIpc) is 2.19. The molecule has 0 saturated carbocycles. The Bertz CT molecular complexity index is 273. The highest BCUT2D eigenvalue weighted by molar-refractivity contribution is 5.68. The first-order valence-electron chi connectivity index (χ1n) is 6.51. The van der Waals surface area contributed by atoms with Gasteiger partial charge in [-0.1, -0.05) is 13.8 Å². The molecule has 0 aromatic rings. The van der Waals surface area contributed by atoms with Gasteiger partial charge in [0.15, 0.2) is 0 Å². The van der Waals surface area contributed by atoms with Crippen LogP contribution in [0.4, 0.5) is 4.79 Å². The summed E-state index contributed by atoms with van der Waals surface area (Å²) in [7, 11) is 0. The Labute approximate surface area is 104 Å². The maximum Gasteiger partial charge on any atom is 0.408 e. The molecule has 4 heteroatoms. The Morgan fingerprint density at radius 3 is 2.65 bits per heavy atom. The molecule has 100 valence electrons. The van der Waals surface area contributed by atoms with Crippen LogP contribution in [-0.2, 0) is 4.74 Å². The highest BCUT2D eigenvalue weighted by Crippen LogP contribution is 2.28. The largest absolute Gasteiger partial charge is 0.444 e. The van der Waals surface area contributed by atoms with Crippen molar-refractivity contribution in [3.63, 3.8) is 0 Å². The van der Waals surface area contributed by atoms with Gasteiger partial charge in [-0.3, -0.25) is 0 Å². The van der Waals surface area contributed by atoms with E-state index in [9.17, 15) is 4.79 Å². The lowest BCUT2D eigenvalue weighted by molar-refractivity contribution is 0.0371. The molecule has 4 nitrogen and oxygen atoms in total. The predicted molar refractivity (Wildman–Crippen MR) is 69.0 cm³/mol. The summed E-state index contributed by atoms with van der Waals surface area (Å²) in [6.45, 7) is 11.9. The minimum absolute atomic E-state index is 0.117. The van der Waals surface area contributed by atoms with Crippen LogP contribution in [0.2, 0.25) is 0 Å². The van der Waals surface area contributed by atoms with E-state index in [1.54, 1.807) is 0 Å². The van der Waals surface area contributed by atoms with Gasteiger partial charge >= 0.3 is 6.09 Å². The lowest BCUT2D eigenvalue weighted by Gasteiger charge is -2.43. The third-order valence-electron chi connectivity index (χ3n) is 3.52. The van der Waals surface area contributed by atoms with Crippen molar-refractivity contribution < 1.29 is 9.53 Å². The van der Waals surface area contributed by atoms with E-state index in [4.69, 9.17) is 4.74 Å². The SMILES string of the molecule is CCC1(NC(=O)OC(C)(C)C)CCNCC1C. The topological polar surface area (TPSA) is 50.4 Å². The quantitative estimate of drug-likeness (QED) is 0.781. The van der Waals surface area contributed by atoms with Crippen LogP contribution in [0, 0.1) is 5.92 Å². The molecule has 1 amide bonds. The number of piperidine rings is 1. The van der Waals surface area contributed by atoms with Crippen molar-refractivity contribution in [1.29, 1.82) is 0 Å². The number of nitrogens with one attached hydrogen (secondary N) is 2. The molecule has 0 radical (unpaired) electrons. The van der Waals surface area contributed by atoms with E-state index >= 15 is 0 Å². The van der Waals surface area contributed by atoms with Crippen LogP contribution in [0.5, 0.6) is 0 Å². The number of alkyl carbamates (subject to hydrolysis) is 1. The number of rotatable bonds is 2. The average molecular weight is 242 g/mol. The van der Waals surface area contributed by atoms with Crippen molar-refractivity contribution in [2.24, 2.45) is 5.92 Å². The van der Waals surface area contributed by atoms with Crippen LogP contribution < -0.4 is 10.6 Å². The minimum atomic E-state index is -0.435. The second-order valence-corrected chi connectivity index (χ2v) is 5.99. The van der Waals surface area contributed by atoms with Crippen molar-refractivity contribution in [2.45, 2.75) is 58.6 Å². The summed E-state index contributed by atoms with van der Waals surface area (Å²) in [6, 6.07) is 0. The molecule has 0 spiro atoms. The predicted octanol–water partition coefficient (Wildman–Crippen LogP) is 2.29. The van der Waals surface area contributed by atoms with Crippen molar-refractivity contribution in [3.8, 4) is 0 Å². The van der Waals surface area contributed by atoms with Gasteiger partial charge in [0.1, 0.15) is 5.60 Å². The molecule has 1 aliphatic rings. The van der Waals surface area contributed by atoms with Crippen LogP contribution in [0.3, 0.4) is 0 Å². The third kappa shape index (κ3) is 3.87. The number of ether oxygens (including phenoxy) is 1. The maximum atomic E-state index is 11.9. The van der Waals surface area contributed by atoms with E-state index in [1.807, 2.05) is 20.8 Å². The number of hydrogen-bond acceptors (Lipinski definition) is 3. The standard InChI is InChI=1S/C13H26N2O2/c1-6-13(7-8-14-9-10(13)2)15-11(16)17-12(3,4)5/h10,14H,6-9H2,1-5H3,(H,15,16). The lowest BCUT2D eigenvalue weighted by Crippen LogP contribution is -2.59. The Balaban J connectivity index is 2.65. The van der Waals surface area contributed by atoms with Crippen molar-refractivity contribution >= 4 is 6.09 Å². The van der Waals surface area contributed by atoms with Crippen LogP contribution >= 0.6 is 0 Å². The maximum absolute atomic E-state index is 11.9. The molecule has 1 heterocycles. The van der Waals surface area contributed by atoms with Crippen LogP contribution in [0.25, 0.3) is 0 Å². The van der Waals surface area contributed by atoms with Crippen LogP contribution in [0.15, 0.2) is 0 Å². The van der Waals surface area contributed by atoms with E-state index in [2.05, 4.69) is 24.5 Å². The molecule has 1 rings (SSSR count). The smallest absolute Gasteiger partial charge is 0.408 e. The van der Waals surface area contributed by atoms with Gasteiger partial charge in [-0.15, -0.1) is 0 Å². The van der Waals surface area contributed by atoms with Gasteiger partial charge in [-0.2, -0.15) is 0 Å². The van der Waals surface area contributed by atoms with E-state index < -0.39 is 5.60 Å². The van der Waals surface area contributed by atoms with Gasteiger partial charge in [-0.25, -0.2) is 4.79 Å². The Hall–Kier alpha value is -0.770. The minimum Gasteiger partial charge on any atom is -0.444 e. The van der Waals surface area contributed by atoms with Gasteiger partial charge < -0.3 is 15.4 Å². The summed E-state index contributed by atoms with van der Waals surface area (Å²) >= 11 is 0. The fraction of sp³-hybridized carbons (Fsp3) is 0.923. The molecule has 2 N–H and O–H groups in total. The van der Waals surface area contributed by atoms with Crippen molar-refractivity contribution in [1.82, 2.24) is 10.6 Å². The second kappa shape index (κ2) is 5.25. The van der Waals surface area contributed by atoms with Crippen LogP contribution in [0.1, 0.15) is 47.5 Å². The first-order valence-corrected chi connectivity index (χ1v) is 6.51. The van der Waals surface area contributed by atoms with Gasteiger partial charge in [0.25, 0.3) is 0 Å². The Kier molecular flexibility index (Phi) is 4.42. The molecule has 0 bridgehead atoms. The first-order chi connectivity index (χ1) is 7.79. The summed E-state index contributed by atoms with van der Waals surface area (Å²) < 4.78 is 5.35. The summed E-state index contributed by atoms with van der Waals surface area (Å²) in [5, 5.41) is 6.44. The van der Waals surface area contributed by atoms with Gasteiger partial charge in [0.05, 0.1) is 0 Å². The summed E-state index contributed by atoms with van der Waals surface area (Å²) in [6.07, 6.45) is 1.60. The molecule has 0 aromatic heterocycles. The van der Waals surface area contributed by atoms with E-state index in [1.165, 1.54) is 0 Å². The molecule has 0 aliphatic carbocycles.